The lowest BCUT2D eigenvalue weighted by Gasteiger charge is -2.28. The zero-order chi connectivity index (χ0) is 14.8. The number of benzene rings is 1. The van der Waals surface area contributed by atoms with Crippen molar-refractivity contribution in [3.63, 3.8) is 0 Å². The number of para-hydroxylation sites is 1. The van der Waals surface area contributed by atoms with Crippen LogP contribution < -0.4 is 16.2 Å². The van der Waals surface area contributed by atoms with Crippen LogP contribution in [0.15, 0.2) is 35.1 Å². The summed E-state index contributed by atoms with van der Waals surface area (Å²) in [6.07, 6.45) is 1.82. The molecule has 3 rings (SSSR count). The Morgan fingerprint density at radius 2 is 2.09 bits per heavy atom. The highest BCUT2D eigenvalue weighted by molar-refractivity contribution is 6.06. The second kappa shape index (κ2) is 6.94. The number of fused-ring (bicyclic) bond motifs is 1. The molecule has 1 saturated heterocycles. The number of carbonyl (C=O) groups is 1. The van der Waals surface area contributed by atoms with Crippen molar-refractivity contribution in [3.05, 3.63) is 46.2 Å². The van der Waals surface area contributed by atoms with Crippen LogP contribution >= 0.6 is 12.4 Å². The van der Waals surface area contributed by atoms with E-state index in [1.165, 1.54) is 6.07 Å². The van der Waals surface area contributed by atoms with Crippen molar-refractivity contribution in [2.45, 2.75) is 31.8 Å². The van der Waals surface area contributed by atoms with Gasteiger partial charge in [-0.2, -0.15) is 0 Å². The third-order valence-electron chi connectivity index (χ3n) is 3.95. The predicted molar refractivity (Wildman–Crippen MR) is 89.8 cm³/mol. The summed E-state index contributed by atoms with van der Waals surface area (Å²) < 4.78 is 0. The quantitative estimate of drug-likeness (QED) is 0.790. The van der Waals surface area contributed by atoms with Gasteiger partial charge < -0.3 is 15.6 Å². The number of nitrogens with one attached hydrogen (secondary N) is 3. The molecule has 0 aliphatic carbocycles. The fourth-order valence-electron chi connectivity index (χ4n) is 2.92. The van der Waals surface area contributed by atoms with E-state index in [9.17, 15) is 9.59 Å². The van der Waals surface area contributed by atoms with Crippen LogP contribution in [-0.4, -0.2) is 29.5 Å². The van der Waals surface area contributed by atoms with Gasteiger partial charge in [0.2, 0.25) is 5.56 Å². The lowest BCUT2D eigenvalue weighted by molar-refractivity contribution is 0.0927. The Morgan fingerprint density at radius 1 is 1.32 bits per heavy atom. The van der Waals surface area contributed by atoms with E-state index >= 15 is 0 Å². The molecule has 6 heteroatoms. The molecule has 2 unspecified atom stereocenters. The summed E-state index contributed by atoms with van der Waals surface area (Å²) in [5, 5.41) is 7.19. The Balaban J connectivity index is 0.00000176. The molecule has 1 aromatic carbocycles. The average Bonchev–Trinajstić information content (AvgIpc) is 2.46. The molecule has 2 aromatic rings. The Hall–Kier alpha value is -1.85. The van der Waals surface area contributed by atoms with Crippen molar-refractivity contribution in [1.29, 1.82) is 0 Å². The maximum absolute atomic E-state index is 12.5. The standard InChI is InChI=1S/C16H19N3O2.ClH/c1-10-8-11(6-7-17-10)18-16(21)13-9-15(20)19-14-5-3-2-4-12(13)14;/h2-5,9-11,17H,6-8H2,1H3,(H,18,21)(H,19,20);1H. The normalized spacial score (nSPS) is 21.1. The Bertz CT molecular complexity index is 729. The number of pyridine rings is 1. The van der Waals surface area contributed by atoms with Crippen LogP contribution in [0.3, 0.4) is 0 Å². The van der Waals surface area contributed by atoms with Gasteiger partial charge in [0, 0.05) is 29.1 Å². The minimum absolute atomic E-state index is 0. The van der Waals surface area contributed by atoms with Gasteiger partial charge in [-0.3, -0.25) is 9.59 Å². The molecule has 1 fully saturated rings. The van der Waals surface area contributed by atoms with Crippen LogP contribution in [0.5, 0.6) is 0 Å². The predicted octanol–water partition coefficient (Wildman–Crippen LogP) is 1.82. The Morgan fingerprint density at radius 3 is 2.86 bits per heavy atom. The van der Waals surface area contributed by atoms with Gasteiger partial charge in [0.05, 0.1) is 5.56 Å². The molecule has 2 heterocycles. The topological polar surface area (TPSA) is 74.0 Å². The van der Waals surface area contributed by atoms with E-state index in [4.69, 9.17) is 0 Å². The van der Waals surface area contributed by atoms with E-state index < -0.39 is 0 Å². The van der Waals surface area contributed by atoms with E-state index in [0.29, 0.717) is 17.1 Å². The summed E-state index contributed by atoms with van der Waals surface area (Å²) in [7, 11) is 0. The largest absolute Gasteiger partial charge is 0.349 e. The molecular weight excluding hydrogens is 302 g/mol. The minimum Gasteiger partial charge on any atom is -0.349 e. The molecule has 3 N–H and O–H groups in total. The van der Waals surface area contributed by atoms with Gasteiger partial charge in [0.1, 0.15) is 0 Å². The third kappa shape index (κ3) is 3.48. The van der Waals surface area contributed by atoms with Gasteiger partial charge in [-0.15, -0.1) is 12.4 Å². The van der Waals surface area contributed by atoms with E-state index in [1.807, 2.05) is 18.2 Å². The van der Waals surface area contributed by atoms with Gasteiger partial charge in [0.25, 0.3) is 5.91 Å². The number of aromatic amines is 1. The number of hydrogen-bond acceptors (Lipinski definition) is 3. The van der Waals surface area contributed by atoms with Gasteiger partial charge in [0.15, 0.2) is 0 Å². The summed E-state index contributed by atoms with van der Waals surface area (Å²) in [5.41, 5.74) is 0.881. The summed E-state index contributed by atoms with van der Waals surface area (Å²) in [5.74, 6) is -0.170. The fourth-order valence-corrected chi connectivity index (χ4v) is 2.92. The Labute approximate surface area is 134 Å². The average molecular weight is 322 g/mol. The molecule has 5 nitrogen and oxygen atoms in total. The number of rotatable bonds is 2. The molecule has 22 heavy (non-hydrogen) atoms. The molecule has 0 bridgehead atoms. The number of hydrogen-bond donors (Lipinski definition) is 3. The SMILES string of the molecule is CC1CC(NC(=O)c2cc(=O)[nH]c3ccccc23)CCN1.Cl. The number of piperidine rings is 1. The fraction of sp³-hybridized carbons (Fsp3) is 0.375. The van der Waals surface area contributed by atoms with Gasteiger partial charge in [-0.25, -0.2) is 0 Å². The van der Waals surface area contributed by atoms with Crippen LogP contribution in [0.2, 0.25) is 0 Å². The number of H-pyrrole nitrogens is 1. The van der Waals surface area contributed by atoms with E-state index in [2.05, 4.69) is 22.5 Å². The number of halogens is 1. The maximum Gasteiger partial charge on any atom is 0.252 e. The zero-order valence-electron chi connectivity index (χ0n) is 12.4. The molecule has 1 aromatic heterocycles. The highest BCUT2D eigenvalue weighted by atomic mass is 35.5. The van der Waals surface area contributed by atoms with Crippen molar-refractivity contribution in [1.82, 2.24) is 15.6 Å². The van der Waals surface area contributed by atoms with Crippen molar-refractivity contribution >= 4 is 29.2 Å². The molecule has 118 valence electrons. The van der Waals surface area contributed by atoms with Crippen LogP contribution in [0.1, 0.15) is 30.1 Å². The maximum atomic E-state index is 12.5. The minimum atomic E-state index is -0.252. The summed E-state index contributed by atoms with van der Waals surface area (Å²) in [6.45, 7) is 3.02. The lowest BCUT2D eigenvalue weighted by atomic mass is 10.00. The number of amides is 1. The van der Waals surface area contributed by atoms with Crippen LogP contribution in [-0.2, 0) is 0 Å². The first kappa shape index (κ1) is 16.5. The molecule has 1 amide bonds. The first-order chi connectivity index (χ1) is 10.1. The summed E-state index contributed by atoms with van der Waals surface area (Å²) >= 11 is 0. The van der Waals surface area contributed by atoms with Crippen molar-refractivity contribution < 1.29 is 4.79 Å². The lowest BCUT2D eigenvalue weighted by Crippen LogP contribution is -2.46. The molecule has 0 spiro atoms. The second-order valence-electron chi connectivity index (χ2n) is 5.64. The van der Waals surface area contributed by atoms with Gasteiger partial charge in [-0.05, 0) is 32.4 Å². The molecule has 1 aliphatic rings. The zero-order valence-corrected chi connectivity index (χ0v) is 13.2. The monoisotopic (exact) mass is 321 g/mol. The summed E-state index contributed by atoms with van der Waals surface area (Å²) in [6, 6.07) is 9.30. The Kier molecular flexibility index (Phi) is 5.21. The second-order valence-corrected chi connectivity index (χ2v) is 5.64. The molecule has 0 radical (unpaired) electrons. The molecular formula is C16H20ClN3O2. The van der Waals surface area contributed by atoms with E-state index in [0.717, 1.165) is 24.8 Å². The highest BCUT2D eigenvalue weighted by Crippen LogP contribution is 2.16. The van der Waals surface area contributed by atoms with E-state index in [-0.39, 0.29) is 29.9 Å². The molecule has 2 atom stereocenters. The molecule has 1 aliphatic heterocycles. The third-order valence-corrected chi connectivity index (χ3v) is 3.95. The van der Waals surface area contributed by atoms with Crippen LogP contribution in [0.4, 0.5) is 0 Å². The number of aromatic nitrogens is 1. The first-order valence-electron chi connectivity index (χ1n) is 7.30. The van der Waals surface area contributed by atoms with Gasteiger partial charge >= 0.3 is 0 Å². The van der Waals surface area contributed by atoms with E-state index in [1.54, 1.807) is 6.07 Å². The van der Waals surface area contributed by atoms with Crippen molar-refractivity contribution in [2.24, 2.45) is 0 Å². The summed E-state index contributed by atoms with van der Waals surface area (Å²) in [4.78, 5) is 27.0. The van der Waals surface area contributed by atoms with Crippen molar-refractivity contribution in [3.8, 4) is 0 Å². The van der Waals surface area contributed by atoms with Gasteiger partial charge in [-0.1, -0.05) is 18.2 Å². The van der Waals surface area contributed by atoms with Crippen LogP contribution in [0.25, 0.3) is 10.9 Å². The number of carbonyl (C=O) groups excluding carboxylic acids is 1. The molecule has 0 saturated carbocycles. The van der Waals surface area contributed by atoms with Crippen molar-refractivity contribution in [2.75, 3.05) is 6.54 Å². The smallest absolute Gasteiger partial charge is 0.252 e. The highest BCUT2D eigenvalue weighted by Gasteiger charge is 2.21. The van der Waals surface area contributed by atoms with Crippen LogP contribution in [0, 0.1) is 0 Å². The first-order valence-corrected chi connectivity index (χ1v) is 7.30.